The van der Waals surface area contributed by atoms with Gasteiger partial charge in [0.2, 0.25) is 0 Å². The van der Waals surface area contributed by atoms with E-state index in [1.54, 1.807) is 12.8 Å². The molecule has 0 heteroatoms. The van der Waals surface area contributed by atoms with E-state index in [-0.39, 0.29) is 0 Å². The molecule has 0 radical (unpaired) electrons. The molecule has 4 rings (SSSR count). The van der Waals surface area contributed by atoms with Crippen molar-refractivity contribution in [3.05, 3.63) is 11.6 Å². The van der Waals surface area contributed by atoms with E-state index in [4.69, 9.17) is 0 Å². The molecular weight excluding hydrogens is 216 g/mol. The van der Waals surface area contributed by atoms with E-state index in [0.717, 1.165) is 29.1 Å². The molecule has 0 bridgehead atoms. The maximum absolute atomic E-state index is 2.67. The number of fused-ring (bicyclic) bond motifs is 5. The average Bonchev–Trinajstić information content (AvgIpc) is 2.80. The van der Waals surface area contributed by atoms with Crippen molar-refractivity contribution in [2.24, 2.45) is 29.1 Å². The second kappa shape index (κ2) is 4.12. The first-order valence-electron chi connectivity index (χ1n) is 8.48. The van der Waals surface area contributed by atoms with Crippen molar-refractivity contribution in [1.29, 1.82) is 0 Å². The zero-order valence-corrected chi connectivity index (χ0v) is 12.0. The summed E-state index contributed by atoms with van der Waals surface area (Å²) in [7, 11) is 0. The first kappa shape index (κ1) is 11.6. The van der Waals surface area contributed by atoms with Crippen LogP contribution in [0.5, 0.6) is 0 Å². The molecule has 1 unspecified atom stereocenters. The van der Waals surface area contributed by atoms with Crippen LogP contribution in [0.1, 0.15) is 71.1 Å². The minimum absolute atomic E-state index is 0.739. The molecule has 4 aliphatic carbocycles. The normalized spacial score (nSPS) is 51.1. The van der Waals surface area contributed by atoms with Crippen molar-refractivity contribution in [1.82, 2.24) is 0 Å². The average molecular weight is 244 g/mol. The molecule has 0 aliphatic heterocycles. The van der Waals surface area contributed by atoms with Gasteiger partial charge in [-0.1, -0.05) is 25.0 Å². The van der Waals surface area contributed by atoms with Gasteiger partial charge in [-0.3, -0.25) is 0 Å². The molecule has 100 valence electrons. The standard InChI is InChI=1S/C18H28/c1-18-11-4-7-17(18)16-9-8-13-5-2-3-6-14(13)15(16)10-12-18/h6,13,15-17H,2-5,7-12H2,1H3/t13?,15-,16-,17+,18+/m1/s1. The van der Waals surface area contributed by atoms with Gasteiger partial charge in [0.1, 0.15) is 0 Å². The molecule has 0 nitrogen and oxygen atoms in total. The summed E-state index contributed by atoms with van der Waals surface area (Å²) in [5.74, 6) is 4.18. The second-order valence-corrected chi connectivity index (χ2v) is 7.87. The number of hydrogen-bond donors (Lipinski definition) is 0. The summed E-state index contributed by atoms with van der Waals surface area (Å²) >= 11 is 0. The van der Waals surface area contributed by atoms with Crippen molar-refractivity contribution in [2.75, 3.05) is 0 Å². The van der Waals surface area contributed by atoms with E-state index in [0.29, 0.717) is 0 Å². The minimum Gasteiger partial charge on any atom is -0.0848 e. The van der Waals surface area contributed by atoms with Crippen molar-refractivity contribution >= 4 is 0 Å². The minimum atomic E-state index is 0.739. The Morgan fingerprint density at radius 3 is 2.89 bits per heavy atom. The van der Waals surface area contributed by atoms with E-state index in [1.165, 1.54) is 51.4 Å². The monoisotopic (exact) mass is 244 g/mol. The predicted molar refractivity (Wildman–Crippen MR) is 76.3 cm³/mol. The Labute approximate surface area is 112 Å². The summed E-state index contributed by atoms with van der Waals surface area (Å²) in [6, 6.07) is 0. The van der Waals surface area contributed by atoms with Gasteiger partial charge in [-0.2, -0.15) is 0 Å². The molecule has 0 N–H and O–H groups in total. The highest BCUT2D eigenvalue weighted by molar-refractivity contribution is 5.20. The quantitative estimate of drug-likeness (QED) is 0.505. The van der Waals surface area contributed by atoms with Crippen LogP contribution in [0.15, 0.2) is 11.6 Å². The molecule has 0 amide bonds. The van der Waals surface area contributed by atoms with Gasteiger partial charge in [0.25, 0.3) is 0 Å². The van der Waals surface area contributed by atoms with E-state index < -0.39 is 0 Å². The fraction of sp³-hybridized carbons (Fsp3) is 0.889. The van der Waals surface area contributed by atoms with Crippen LogP contribution in [0.2, 0.25) is 0 Å². The highest BCUT2D eigenvalue weighted by Crippen LogP contribution is 2.61. The van der Waals surface area contributed by atoms with Crippen molar-refractivity contribution in [3.63, 3.8) is 0 Å². The Bertz CT molecular complexity index is 366. The topological polar surface area (TPSA) is 0 Å². The zero-order chi connectivity index (χ0) is 12.2. The van der Waals surface area contributed by atoms with Crippen LogP contribution >= 0.6 is 0 Å². The second-order valence-electron chi connectivity index (χ2n) is 7.87. The van der Waals surface area contributed by atoms with Crippen LogP contribution < -0.4 is 0 Å². The fourth-order valence-corrected chi connectivity index (χ4v) is 6.22. The SMILES string of the molecule is C[C@@]12CCC[C@H]1[C@@H]1CCC3CCCC=C3[C@H]1CC2. The molecule has 3 saturated carbocycles. The van der Waals surface area contributed by atoms with Crippen molar-refractivity contribution in [3.8, 4) is 0 Å². The van der Waals surface area contributed by atoms with Gasteiger partial charge in [0.05, 0.1) is 0 Å². The van der Waals surface area contributed by atoms with Gasteiger partial charge in [-0.05, 0) is 86.9 Å². The van der Waals surface area contributed by atoms with E-state index in [1.807, 2.05) is 5.57 Å². The molecule has 3 fully saturated rings. The molecule has 0 aromatic rings. The molecule has 0 heterocycles. The lowest BCUT2D eigenvalue weighted by atomic mass is 9.53. The van der Waals surface area contributed by atoms with Crippen LogP contribution in [0.25, 0.3) is 0 Å². The highest BCUT2D eigenvalue weighted by atomic mass is 14.6. The Hall–Kier alpha value is -0.260. The summed E-state index contributed by atoms with van der Waals surface area (Å²) in [6.45, 7) is 2.61. The van der Waals surface area contributed by atoms with Crippen molar-refractivity contribution < 1.29 is 0 Å². The van der Waals surface area contributed by atoms with Gasteiger partial charge < -0.3 is 0 Å². The summed E-state index contributed by atoms with van der Waals surface area (Å²) in [4.78, 5) is 0. The third-order valence-electron chi connectivity index (χ3n) is 7.10. The Morgan fingerprint density at radius 1 is 1.00 bits per heavy atom. The molecule has 0 saturated heterocycles. The van der Waals surface area contributed by atoms with Crippen LogP contribution in [0.3, 0.4) is 0 Å². The largest absolute Gasteiger partial charge is 0.0848 e. The van der Waals surface area contributed by atoms with Crippen LogP contribution in [0.4, 0.5) is 0 Å². The van der Waals surface area contributed by atoms with E-state index >= 15 is 0 Å². The lowest BCUT2D eigenvalue weighted by Crippen LogP contribution is -2.42. The molecule has 18 heavy (non-hydrogen) atoms. The third kappa shape index (κ3) is 1.57. The van der Waals surface area contributed by atoms with Gasteiger partial charge in [0.15, 0.2) is 0 Å². The Morgan fingerprint density at radius 2 is 1.94 bits per heavy atom. The molecule has 5 atom stereocenters. The maximum atomic E-state index is 2.67. The molecule has 0 aromatic heterocycles. The number of rotatable bonds is 0. The summed E-state index contributed by atoms with van der Waals surface area (Å²) in [6.07, 6.45) is 17.8. The molecular formula is C18H28. The van der Waals surface area contributed by atoms with Crippen LogP contribution in [-0.4, -0.2) is 0 Å². The predicted octanol–water partition coefficient (Wildman–Crippen LogP) is 5.34. The first-order valence-corrected chi connectivity index (χ1v) is 8.48. The summed E-state index contributed by atoms with van der Waals surface area (Å²) in [5, 5.41) is 0. The Kier molecular flexibility index (Phi) is 2.64. The molecule has 0 spiro atoms. The van der Waals surface area contributed by atoms with Crippen LogP contribution in [-0.2, 0) is 0 Å². The summed E-state index contributed by atoms with van der Waals surface area (Å²) < 4.78 is 0. The Balaban J connectivity index is 1.64. The van der Waals surface area contributed by atoms with E-state index in [2.05, 4.69) is 13.0 Å². The molecule has 4 aliphatic rings. The smallest absolute Gasteiger partial charge is 0.0169 e. The van der Waals surface area contributed by atoms with Crippen LogP contribution in [0, 0.1) is 29.1 Å². The first-order chi connectivity index (χ1) is 8.78. The number of allylic oxidation sites excluding steroid dienone is 2. The van der Waals surface area contributed by atoms with Gasteiger partial charge in [-0.25, -0.2) is 0 Å². The molecule has 0 aromatic carbocycles. The van der Waals surface area contributed by atoms with Gasteiger partial charge in [0, 0.05) is 0 Å². The lowest BCUT2D eigenvalue weighted by molar-refractivity contribution is 0.0264. The lowest BCUT2D eigenvalue weighted by Gasteiger charge is -2.52. The fourth-order valence-electron chi connectivity index (χ4n) is 6.22. The zero-order valence-electron chi connectivity index (χ0n) is 12.0. The van der Waals surface area contributed by atoms with E-state index in [9.17, 15) is 0 Å². The number of hydrogen-bond acceptors (Lipinski definition) is 0. The third-order valence-corrected chi connectivity index (χ3v) is 7.10. The highest BCUT2D eigenvalue weighted by Gasteiger charge is 2.51. The van der Waals surface area contributed by atoms with Gasteiger partial charge in [-0.15, -0.1) is 0 Å². The van der Waals surface area contributed by atoms with Gasteiger partial charge >= 0.3 is 0 Å². The summed E-state index contributed by atoms with van der Waals surface area (Å²) in [5.41, 5.74) is 2.68. The maximum Gasteiger partial charge on any atom is -0.0169 e. The van der Waals surface area contributed by atoms with Crippen molar-refractivity contribution in [2.45, 2.75) is 71.1 Å².